The lowest BCUT2D eigenvalue weighted by Crippen LogP contribution is -2.47. The Morgan fingerprint density at radius 2 is 0.735 bits per heavy atom. The van der Waals surface area contributed by atoms with Gasteiger partial charge in [-0.05, 0) is 102 Å². The second kappa shape index (κ2) is 62.5. The Labute approximate surface area is 514 Å². The Balaban J connectivity index is 5.03. The lowest BCUT2D eigenvalue weighted by Gasteiger charge is -2.30. The highest BCUT2D eigenvalue weighted by Gasteiger charge is 2.27. The molecular formula is C73H135N2O7P. The number of likely N-dealkylation sites (N-methyl/N-ethyl adjacent to an activating group) is 1. The normalized spacial score (nSPS) is 14.0. The molecule has 0 radical (unpaired) electrons. The molecule has 1 N–H and O–H groups in total. The van der Waals surface area contributed by atoms with E-state index in [0.717, 1.165) is 77.0 Å². The summed E-state index contributed by atoms with van der Waals surface area (Å²) < 4.78 is 30.4. The quantitative estimate of drug-likeness (QED) is 0.0212. The van der Waals surface area contributed by atoms with Crippen molar-refractivity contribution in [3.05, 3.63) is 72.9 Å². The van der Waals surface area contributed by atoms with E-state index in [9.17, 15) is 19.0 Å². The summed E-state index contributed by atoms with van der Waals surface area (Å²) in [5, 5.41) is 3.02. The highest BCUT2D eigenvalue weighted by molar-refractivity contribution is 7.45. The number of hydrogen-bond acceptors (Lipinski definition) is 7. The summed E-state index contributed by atoms with van der Waals surface area (Å²) in [6.07, 6.45) is 81.8. The van der Waals surface area contributed by atoms with E-state index in [0.29, 0.717) is 17.4 Å². The molecule has 0 aliphatic carbocycles. The zero-order valence-corrected chi connectivity index (χ0v) is 56.3. The SMILES string of the molecule is CCCCC/C=C\C/C=C\C/C=C\C/C=C\CCCCCC(=O)NC(COP(=O)([O-])OCC[N+](C)(C)C)C(/C=C\CCCCCCCCCCC)OC(=O)CCCCCCCCCCCCCCCCCCC/C=C/CCCCCCCC. The van der Waals surface area contributed by atoms with Crippen LogP contribution in [0.2, 0.25) is 0 Å². The summed E-state index contributed by atoms with van der Waals surface area (Å²) in [7, 11) is 1.17. The van der Waals surface area contributed by atoms with Crippen LogP contribution in [-0.2, 0) is 27.9 Å². The summed E-state index contributed by atoms with van der Waals surface area (Å²) in [6.45, 7) is 6.81. The van der Waals surface area contributed by atoms with Gasteiger partial charge in [0.2, 0.25) is 5.91 Å². The van der Waals surface area contributed by atoms with E-state index in [1.165, 1.54) is 212 Å². The standard InChI is InChI=1S/C73H135N2O7P/c1-7-10-13-16-19-22-25-27-29-31-33-34-35-36-37-38-39-40-42-44-46-48-51-54-57-60-63-66-73(77)82-71(64-61-58-55-52-49-24-21-18-15-12-9-3)70(69-81-83(78,79)80-68-67-75(4,5)6)74-72(76)65-62-59-56-53-50-47-45-43-41-32-30-28-26-23-20-17-14-11-8-2/h20,23,27-30,41,43,47,50,61,64,70-71H,7-19,21-22,24-26,31-40,42,44-46,48-49,51-60,62-63,65-69H2,1-6H3,(H-,74,76,78,79)/b23-20-,29-27+,30-28-,43-41-,50-47-,64-61-. The van der Waals surface area contributed by atoms with Crippen molar-refractivity contribution in [2.75, 3.05) is 40.9 Å². The van der Waals surface area contributed by atoms with Gasteiger partial charge in [0.25, 0.3) is 7.82 Å². The summed E-state index contributed by atoms with van der Waals surface area (Å²) in [4.78, 5) is 40.1. The van der Waals surface area contributed by atoms with Crippen molar-refractivity contribution >= 4 is 19.7 Å². The number of phosphoric ester groups is 1. The number of unbranched alkanes of at least 4 members (excludes halogenated alkanes) is 38. The number of rotatable bonds is 64. The minimum absolute atomic E-state index is 0.0298. The van der Waals surface area contributed by atoms with Crippen molar-refractivity contribution in [2.24, 2.45) is 0 Å². The minimum atomic E-state index is -4.71. The lowest BCUT2D eigenvalue weighted by atomic mass is 10.0. The predicted molar refractivity (Wildman–Crippen MR) is 358 cm³/mol. The topological polar surface area (TPSA) is 114 Å². The third kappa shape index (κ3) is 63.8. The van der Waals surface area contributed by atoms with Crippen LogP contribution in [0.3, 0.4) is 0 Å². The van der Waals surface area contributed by atoms with Crippen LogP contribution in [0.1, 0.15) is 329 Å². The number of ether oxygens (including phenoxy) is 1. The van der Waals surface area contributed by atoms with E-state index in [4.69, 9.17) is 13.8 Å². The maximum atomic E-state index is 13.6. The third-order valence-corrected chi connectivity index (χ3v) is 16.6. The molecule has 0 aromatic carbocycles. The first-order chi connectivity index (χ1) is 40.4. The first-order valence-electron chi connectivity index (χ1n) is 35.2. The van der Waals surface area contributed by atoms with Gasteiger partial charge in [-0.2, -0.15) is 0 Å². The van der Waals surface area contributed by atoms with Gasteiger partial charge in [-0.1, -0.05) is 287 Å². The molecule has 0 spiro atoms. The minimum Gasteiger partial charge on any atom is -0.756 e. The molecule has 0 saturated carbocycles. The second-order valence-electron chi connectivity index (χ2n) is 25.0. The molecule has 9 nitrogen and oxygen atoms in total. The van der Waals surface area contributed by atoms with Gasteiger partial charge in [0, 0.05) is 12.8 Å². The van der Waals surface area contributed by atoms with E-state index in [1.54, 1.807) is 0 Å². The number of phosphoric acid groups is 1. The highest BCUT2D eigenvalue weighted by atomic mass is 31.2. The third-order valence-electron chi connectivity index (χ3n) is 15.6. The van der Waals surface area contributed by atoms with Gasteiger partial charge in [-0.25, -0.2) is 0 Å². The average molecular weight is 1180 g/mol. The fourth-order valence-electron chi connectivity index (χ4n) is 10.1. The number of carbonyl (C=O) groups is 2. The number of esters is 1. The zero-order valence-electron chi connectivity index (χ0n) is 55.4. The molecule has 0 aliphatic heterocycles. The Hall–Kier alpha value is -2.55. The molecule has 484 valence electrons. The van der Waals surface area contributed by atoms with Crippen molar-refractivity contribution in [1.82, 2.24) is 5.32 Å². The molecule has 0 rings (SSSR count). The maximum absolute atomic E-state index is 13.6. The van der Waals surface area contributed by atoms with Crippen molar-refractivity contribution in [3.63, 3.8) is 0 Å². The molecule has 10 heteroatoms. The molecule has 0 saturated heterocycles. The van der Waals surface area contributed by atoms with Gasteiger partial charge in [-0.3, -0.25) is 14.2 Å². The van der Waals surface area contributed by atoms with Gasteiger partial charge >= 0.3 is 5.97 Å². The van der Waals surface area contributed by atoms with Crippen LogP contribution >= 0.6 is 7.82 Å². The van der Waals surface area contributed by atoms with E-state index >= 15 is 0 Å². The van der Waals surface area contributed by atoms with E-state index in [2.05, 4.69) is 86.8 Å². The molecule has 0 aromatic heterocycles. The molecule has 0 aliphatic rings. The number of nitrogens with one attached hydrogen (secondary N) is 1. The molecule has 1 amide bonds. The highest BCUT2D eigenvalue weighted by Crippen LogP contribution is 2.38. The number of hydrogen-bond donors (Lipinski definition) is 1. The van der Waals surface area contributed by atoms with Gasteiger partial charge < -0.3 is 28.5 Å². The summed E-state index contributed by atoms with van der Waals surface area (Å²) in [6, 6.07) is -0.907. The summed E-state index contributed by atoms with van der Waals surface area (Å²) in [5.41, 5.74) is 0. The van der Waals surface area contributed by atoms with E-state index < -0.39 is 26.6 Å². The molecule has 0 fully saturated rings. The summed E-state index contributed by atoms with van der Waals surface area (Å²) in [5.74, 6) is -0.569. The Morgan fingerprint density at radius 1 is 0.422 bits per heavy atom. The molecule has 83 heavy (non-hydrogen) atoms. The fourth-order valence-corrected chi connectivity index (χ4v) is 10.9. The van der Waals surface area contributed by atoms with Crippen molar-refractivity contribution < 1.29 is 37.3 Å². The fraction of sp³-hybridized carbons (Fsp3) is 0.808. The molecule has 0 aromatic rings. The number of carbonyl (C=O) groups excluding carboxylic acids is 2. The maximum Gasteiger partial charge on any atom is 0.306 e. The van der Waals surface area contributed by atoms with E-state index in [-0.39, 0.29) is 31.3 Å². The molecular weight excluding hydrogens is 1050 g/mol. The largest absolute Gasteiger partial charge is 0.756 e. The van der Waals surface area contributed by atoms with Gasteiger partial charge in [-0.15, -0.1) is 0 Å². The lowest BCUT2D eigenvalue weighted by molar-refractivity contribution is -0.870. The molecule has 0 bridgehead atoms. The van der Waals surface area contributed by atoms with Gasteiger partial charge in [0.1, 0.15) is 19.3 Å². The van der Waals surface area contributed by atoms with Crippen LogP contribution in [0.15, 0.2) is 72.9 Å². The monoisotopic (exact) mass is 1180 g/mol. The summed E-state index contributed by atoms with van der Waals surface area (Å²) >= 11 is 0. The smallest absolute Gasteiger partial charge is 0.306 e. The van der Waals surface area contributed by atoms with Gasteiger partial charge in [0.05, 0.1) is 33.8 Å². The Kier molecular flexibility index (Phi) is 60.6. The number of nitrogens with zero attached hydrogens (tertiary/aromatic N) is 1. The van der Waals surface area contributed by atoms with Crippen LogP contribution in [0.4, 0.5) is 0 Å². The number of quaternary nitrogens is 1. The van der Waals surface area contributed by atoms with Crippen LogP contribution in [0.5, 0.6) is 0 Å². The van der Waals surface area contributed by atoms with E-state index in [1.807, 2.05) is 33.3 Å². The predicted octanol–water partition coefficient (Wildman–Crippen LogP) is 21.7. The van der Waals surface area contributed by atoms with Crippen molar-refractivity contribution in [2.45, 2.75) is 341 Å². The van der Waals surface area contributed by atoms with Gasteiger partial charge in [0.15, 0.2) is 0 Å². The zero-order chi connectivity index (χ0) is 60.7. The average Bonchev–Trinajstić information content (AvgIpc) is 3.52. The Bertz CT molecular complexity index is 1650. The molecule has 3 atom stereocenters. The Morgan fingerprint density at radius 3 is 1.14 bits per heavy atom. The van der Waals surface area contributed by atoms with Crippen molar-refractivity contribution in [3.8, 4) is 0 Å². The van der Waals surface area contributed by atoms with Crippen LogP contribution in [0, 0.1) is 0 Å². The van der Waals surface area contributed by atoms with Crippen LogP contribution in [0.25, 0.3) is 0 Å². The first kappa shape index (κ1) is 80.5. The van der Waals surface area contributed by atoms with Crippen molar-refractivity contribution in [1.29, 1.82) is 0 Å². The molecule has 3 unspecified atom stereocenters. The second-order valence-corrected chi connectivity index (χ2v) is 26.4. The van der Waals surface area contributed by atoms with Crippen LogP contribution in [-0.4, -0.2) is 69.4 Å². The van der Waals surface area contributed by atoms with Crippen LogP contribution < -0.4 is 10.2 Å². The number of amides is 1. The number of allylic oxidation sites excluding steroid dienone is 11. The molecule has 0 heterocycles. The first-order valence-corrected chi connectivity index (χ1v) is 36.7.